The number of hydrogen-bond acceptors (Lipinski definition) is 4. The number of amides is 1. The summed E-state index contributed by atoms with van der Waals surface area (Å²) >= 11 is 0. The van der Waals surface area contributed by atoms with Crippen molar-refractivity contribution in [3.8, 4) is 11.3 Å². The number of aliphatic hydroxyl groups is 1. The number of nitrogens with zero attached hydrogens (tertiary/aromatic N) is 2. The molecule has 184 valence electrons. The van der Waals surface area contributed by atoms with Gasteiger partial charge in [0.25, 0.3) is 5.91 Å². The zero-order valence-corrected chi connectivity index (χ0v) is 20.7. The molecule has 8 rings (SSSR count). The Labute approximate surface area is 212 Å². The van der Waals surface area contributed by atoms with E-state index < -0.39 is 0 Å². The summed E-state index contributed by atoms with van der Waals surface area (Å²) in [6.45, 7) is 0.0491. The van der Waals surface area contributed by atoms with E-state index in [-0.39, 0.29) is 12.5 Å². The molecule has 0 unspecified atom stereocenters. The van der Waals surface area contributed by atoms with Crippen LogP contribution in [0.1, 0.15) is 71.4 Å². The molecule has 5 aliphatic carbocycles. The van der Waals surface area contributed by atoms with Crippen LogP contribution in [-0.4, -0.2) is 21.0 Å². The number of benzene rings is 2. The Morgan fingerprint density at radius 3 is 2.36 bits per heavy atom. The maximum atomic E-state index is 13.2. The summed E-state index contributed by atoms with van der Waals surface area (Å²) in [7, 11) is 0. The molecule has 5 aliphatic rings. The summed E-state index contributed by atoms with van der Waals surface area (Å²) < 4.78 is 0. The number of rotatable bonds is 5. The van der Waals surface area contributed by atoms with Gasteiger partial charge in [0, 0.05) is 11.1 Å². The first-order chi connectivity index (χ1) is 17.6. The first-order valence-corrected chi connectivity index (χ1v) is 13.6. The zero-order valence-electron chi connectivity index (χ0n) is 20.7. The van der Waals surface area contributed by atoms with Gasteiger partial charge in [-0.2, -0.15) is 0 Å². The van der Waals surface area contributed by atoms with E-state index in [1.165, 1.54) is 44.1 Å². The molecule has 36 heavy (non-hydrogen) atoms. The molecular formula is C31H33N3O2. The van der Waals surface area contributed by atoms with E-state index in [2.05, 4.69) is 17.4 Å². The second-order valence-electron chi connectivity index (χ2n) is 11.9. The molecule has 0 radical (unpaired) electrons. The van der Waals surface area contributed by atoms with Crippen LogP contribution in [0.5, 0.6) is 0 Å². The van der Waals surface area contributed by atoms with Gasteiger partial charge in [-0.15, -0.1) is 0 Å². The lowest BCUT2D eigenvalue weighted by atomic mass is 9.48. The average molecular weight is 480 g/mol. The third kappa shape index (κ3) is 3.85. The molecule has 1 heterocycles. The number of aryl methyl sites for hydroxylation is 2. The van der Waals surface area contributed by atoms with Crippen molar-refractivity contribution in [3.63, 3.8) is 0 Å². The van der Waals surface area contributed by atoms with E-state index >= 15 is 0 Å². The van der Waals surface area contributed by atoms with E-state index in [1.54, 1.807) is 0 Å². The summed E-state index contributed by atoms with van der Waals surface area (Å²) in [6, 6.07) is 15.6. The highest BCUT2D eigenvalue weighted by molar-refractivity contribution is 6.04. The minimum Gasteiger partial charge on any atom is -0.392 e. The largest absolute Gasteiger partial charge is 0.392 e. The van der Waals surface area contributed by atoms with Crippen molar-refractivity contribution in [3.05, 3.63) is 76.6 Å². The number of carbonyl (C=O) groups is 1. The fourth-order valence-electron chi connectivity index (χ4n) is 8.19. The quantitative estimate of drug-likeness (QED) is 0.489. The molecule has 0 aliphatic heterocycles. The molecule has 5 heteroatoms. The Hall–Kier alpha value is -3.05. The molecule has 4 saturated carbocycles. The number of hydrogen-bond donors (Lipinski definition) is 2. The Balaban J connectivity index is 1.29. The Kier molecular flexibility index (Phi) is 5.24. The Morgan fingerprint density at radius 1 is 0.944 bits per heavy atom. The second-order valence-corrected chi connectivity index (χ2v) is 11.9. The van der Waals surface area contributed by atoms with Crippen LogP contribution in [0.4, 0.5) is 5.82 Å². The van der Waals surface area contributed by atoms with Gasteiger partial charge in [0.1, 0.15) is 0 Å². The fourth-order valence-corrected chi connectivity index (χ4v) is 8.19. The van der Waals surface area contributed by atoms with Crippen LogP contribution in [0.3, 0.4) is 0 Å². The minimum atomic E-state index is -0.125. The van der Waals surface area contributed by atoms with Gasteiger partial charge in [-0.25, -0.2) is 9.97 Å². The van der Waals surface area contributed by atoms with Crippen molar-refractivity contribution in [2.75, 3.05) is 5.32 Å². The van der Waals surface area contributed by atoms with Crippen LogP contribution < -0.4 is 5.32 Å². The average Bonchev–Trinajstić information content (AvgIpc) is 2.88. The van der Waals surface area contributed by atoms with Crippen LogP contribution in [-0.2, 0) is 25.9 Å². The predicted octanol–water partition coefficient (Wildman–Crippen LogP) is 5.75. The standard InChI is InChI=1S/C31H33N3O2/c35-18-19-6-8-25-24(13-19)7-9-26-28(25)32-27(29(33-26)34-30(36)23-4-2-1-3-5-23)17-31-14-20-10-21(15-31)12-22(11-20)16-31/h1-6,8,13,20-22,35H,7,9-12,14-18H2,(H,33,34,36). The molecule has 0 atom stereocenters. The summed E-state index contributed by atoms with van der Waals surface area (Å²) in [4.78, 5) is 23.5. The summed E-state index contributed by atoms with van der Waals surface area (Å²) in [6.07, 6.45) is 10.7. The maximum Gasteiger partial charge on any atom is 0.256 e. The maximum absolute atomic E-state index is 13.2. The molecule has 0 spiro atoms. The smallest absolute Gasteiger partial charge is 0.256 e. The first-order valence-electron chi connectivity index (χ1n) is 13.6. The molecule has 2 aromatic carbocycles. The van der Waals surface area contributed by atoms with E-state index in [0.29, 0.717) is 16.8 Å². The fraction of sp³-hybridized carbons (Fsp3) is 0.452. The number of fused-ring (bicyclic) bond motifs is 3. The summed E-state index contributed by atoms with van der Waals surface area (Å²) in [5.74, 6) is 3.11. The minimum absolute atomic E-state index is 0.0491. The van der Waals surface area contributed by atoms with Crippen molar-refractivity contribution >= 4 is 11.7 Å². The van der Waals surface area contributed by atoms with Gasteiger partial charge in [-0.3, -0.25) is 4.79 Å². The topological polar surface area (TPSA) is 75.1 Å². The molecule has 5 nitrogen and oxygen atoms in total. The van der Waals surface area contributed by atoms with Gasteiger partial charge >= 0.3 is 0 Å². The molecule has 1 amide bonds. The lowest BCUT2D eigenvalue weighted by Gasteiger charge is -2.57. The van der Waals surface area contributed by atoms with Crippen LogP contribution in [0.2, 0.25) is 0 Å². The van der Waals surface area contributed by atoms with Crippen molar-refractivity contribution < 1.29 is 9.90 Å². The highest BCUT2D eigenvalue weighted by Crippen LogP contribution is 2.61. The predicted molar refractivity (Wildman–Crippen MR) is 140 cm³/mol. The molecule has 4 bridgehead atoms. The van der Waals surface area contributed by atoms with E-state index in [4.69, 9.17) is 9.97 Å². The van der Waals surface area contributed by atoms with Crippen molar-refractivity contribution in [1.82, 2.24) is 9.97 Å². The monoisotopic (exact) mass is 479 g/mol. The molecule has 2 N–H and O–H groups in total. The van der Waals surface area contributed by atoms with Gasteiger partial charge in [0.2, 0.25) is 0 Å². The lowest BCUT2D eigenvalue weighted by Crippen LogP contribution is -2.47. The third-order valence-electron chi connectivity index (χ3n) is 9.25. The van der Waals surface area contributed by atoms with E-state index in [1.807, 2.05) is 36.4 Å². The van der Waals surface area contributed by atoms with Gasteiger partial charge in [0.15, 0.2) is 5.82 Å². The van der Waals surface area contributed by atoms with Gasteiger partial charge in [-0.05, 0) is 104 Å². The van der Waals surface area contributed by atoms with Crippen LogP contribution in [0, 0.1) is 23.2 Å². The van der Waals surface area contributed by atoms with Crippen LogP contribution in [0.25, 0.3) is 11.3 Å². The summed E-state index contributed by atoms with van der Waals surface area (Å²) in [5.41, 5.74) is 7.07. The van der Waals surface area contributed by atoms with Gasteiger partial charge < -0.3 is 10.4 Å². The highest BCUT2D eigenvalue weighted by Gasteiger charge is 2.51. The Morgan fingerprint density at radius 2 is 1.67 bits per heavy atom. The molecule has 4 fully saturated rings. The van der Waals surface area contributed by atoms with Crippen molar-refractivity contribution in [2.24, 2.45) is 23.2 Å². The van der Waals surface area contributed by atoms with Crippen LogP contribution in [0.15, 0.2) is 48.5 Å². The number of aromatic nitrogens is 2. The molecule has 0 saturated heterocycles. The number of aliphatic hydroxyl groups excluding tert-OH is 1. The van der Waals surface area contributed by atoms with E-state index in [0.717, 1.165) is 65.2 Å². The Bertz CT molecular complexity index is 1300. The SMILES string of the molecule is O=C(Nc1nc2c(nc1CC13CC4CC(CC(C4)C1)C3)-c1ccc(CO)cc1CC2)c1ccccc1. The third-order valence-corrected chi connectivity index (χ3v) is 9.25. The number of nitrogens with one attached hydrogen (secondary N) is 1. The second kappa shape index (κ2) is 8.52. The summed E-state index contributed by atoms with van der Waals surface area (Å²) in [5, 5.41) is 12.8. The number of carbonyl (C=O) groups excluding carboxylic acids is 1. The van der Waals surface area contributed by atoms with Crippen LogP contribution >= 0.6 is 0 Å². The lowest BCUT2D eigenvalue weighted by molar-refractivity contribution is -0.0526. The van der Waals surface area contributed by atoms with Gasteiger partial charge in [-0.1, -0.05) is 36.4 Å². The number of anilines is 1. The molecular weight excluding hydrogens is 446 g/mol. The first kappa shape index (κ1) is 22.2. The molecule has 1 aromatic heterocycles. The van der Waals surface area contributed by atoms with Crippen molar-refractivity contribution in [1.29, 1.82) is 0 Å². The normalized spacial score (nSPS) is 27.4. The highest BCUT2D eigenvalue weighted by atomic mass is 16.3. The molecule has 3 aromatic rings. The van der Waals surface area contributed by atoms with Crippen molar-refractivity contribution in [2.45, 2.75) is 64.4 Å². The zero-order chi connectivity index (χ0) is 24.3. The van der Waals surface area contributed by atoms with E-state index in [9.17, 15) is 9.90 Å². The van der Waals surface area contributed by atoms with Gasteiger partial charge in [0.05, 0.1) is 23.7 Å².